The molecule has 0 nitrogen and oxygen atoms in total. The molecule has 6 unspecified atom stereocenters. The van der Waals surface area contributed by atoms with Crippen molar-refractivity contribution < 1.29 is 0 Å². The van der Waals surface area contributed by atoms with E-state index in [1.807, 2.05) is 0 Å². The smallest absolute Gasteiger partial charge is 0.0234 e. The molecule has 148 valence electrons. The Balaban J connectivity index is 2.84. The molecule has 1 fully saturated rings. The molecule has 1 aliphatic rings. The average Bonchev–Trinajstić information content (AvgIpc) is 3.20. The zero-order chi connectivity index (χ0) is 19.1. The van der Waals surface area contributed by atoms with Gasteiger partial charge in [-0.25, -0.2) is 0 Å². The summed E-state index contributed by atoms with van der Waals surface area (Å²) in [6, 6.07) is 0. The van der Waals surface area contributed by atoms with Crippen LogP contribution in [-0.2, 0) is 0 Å². The van der Waals surface area contributed by atoms with Gasteiger partial charge in [-0.15, -0.1) is 6.58 Å². The molecular weight excluding hydrogens is 300 g/mol. The zero-order valence-electron chi connectivity index (χ0n) is 18.7. The van der Waals surface area contributed by atoms with Crippen LogP contribution in [0.5, 0.6) is 0 Å². The van der Waals surface area contributed by atoms with Crippen molar-refractivity contribution in [2.24, 2.45) is 34.5 Å². The fourth-order valence-electron chi connectivity index (χ4n) is 5.27. The summed E-state index contributed by atoms with van der Waals surface area (Å²) < 4.78 is 0. The lowest BCUT2D eigenvalue weighted by Gasteiger charge is -2.41. The molecule has 0 saturated heterocycles. The van der Waals surface area contributed by atoms with Gasteiger partial charge in [0.25, 0.3) is 0 Å². The minimum absolute atomic E-state index is 0.477. The first-order chi connectivity index (χ1) is 11.8. The Hall–Kier alpha value is -0.260. The van der Waals surface area contributed by atoms with E-state index in [2.05, 4.69) is 61.1 Å². The van der Waals surface area contributed by atoms with Gasteiger partial charge < -0.3 is 0 Å². The highest BCUT2D eigenvalue weighted by atomic mass is 14.6. The molecule has 0 bridgehead atoms. The van der Waals surface area contributed by atoms with Crippen molar-refractivity contribution in [1.82, 2.24) is 0 Å². The van der Waals surface area contributed by atoms with Crippen LogP contribution in [-0.4, -0.2) is 0 Å². The molecule has 1 rings (SSSR count). The molecule has 0 aliphatic heterocycles. The van der Waals surface area contributed by atoms with E-state index in [1.54, 1.807) is 0 Å². The lowest BCUT2D eigenvalue weighted by Crippen LogP contribution is -2.31. The minimum Gasteiger partial charge on any atom is -0.103 e. The molecule has 6 atom stereocenters. The topological polar surface area (TPSA) is 0 Å². The van der Waals surface area contributed by atoms with Crippen LogP contribution in [0.15, 0.2) is 12.7 Å². The van der Waals surface area contributed by atoms with Crippen molar-refractivity contribution in [2.75, 3.05) is 0 Å². The van der Waals surface area contributed by atoms with Crippen LogP contribution in [0.1, 0.15) is 113 Å². The molecule has 1 aliphatic carbocycles. The maximum atomic E-state index is 4.12. The third-order valence-corrected chi connectivity index (χ3v) is 8.05. The second-order valence-electron chi connectivity index (χ2n) is 9.95. The second-order valence-corrected chi connectivity index (χ2v) is 9.95. The Kier molecular flexibility index (Phi) is 9.27. The Bertz CT molecular complexity index is 383. The first-order valence-corrected chi connectivity index (χ1v) is 11.4. The Morgan fingerprint density at radius 3 is 2.28 bits per heavy atom. The standard InChI is InChI=1S/C25H48/c1-9-13-14-16-24(7,19-22(11-3)12-4)20(5)17-23(15-10-2)25(8)18-21(25)6/h11,20-23H,3,9-10,12-19H2,1-2,4-8H3. The number of hydrogen-bond acceptors (Lipinski definition) is 0. The summed E-state index contributed by atoms with van der Waals surface area (Å²) in [6.45, 7) is 21.4. The van der Waals surface area contributed by atoms with Gasteiger partial charge in [0.1, 0.15) is 0 Å². The van der Waals surface area contributed by atoms with Gasteiger partial charge in [-0.1, -0.05) is 86.6 Å². The Labute approximate surface area is 160 Å². The fourth-order valence-corrected chi connectivity index (χ4v) is 5.27. The van der Waals surface area contributed by atoms with Gasteiger partial charge in [0, 0.05) is 0 Å². The van der Waals surface area contributed by atoms with Gasteiger partial charge in [-0.2, -0.15) is 0 Å². The van der Waals surface area contributed by atoms with Crippen molar-refractivity contribution in [3.63, 3.8) is 0 Å². The van der Waals surface area contributed by atoms with Crippen LogP contribution >= 0.6 is 0 Å². The molecule has 0 spiro atoms. The average molecular weight is 349 g/mol. The molecule has 0 heteroatoms. The number of allylic oxidation sites excluding steroid dienone is 1. The van der Waals surface area contributed by atoms with E-state index in [4.69, 9.17) is 0 Å². The van der Waals surface area contributed by atoms with Crippen LogP contribution in [0.2, 0.25) is 0 Å². The lowest BCUT2D eigenvalue weighted by molar-refractivity contribution is 0.0979. The van der Waals surface area contributed by atoms with Crippen LogP contribution in [0.25, 0.3) is 0 Å². The van der Waals surface area contributed by atoms with E-state index in [0.29, 0.717) is 16.7 Å². The van der Waals surface area contributed by atoms with Crippen LogP contribution in [0, 0.1) is 34.5 Å². The number of rotatable bonds is 14. The van der Waals surface area contributed by atoms with E-state index in [9.17, 15) is 0 Å². The maximum absolute atomic E-state index is 4.12. The van der Waals surface area contributed by atoms with E-state index < -0.39 is 0 Å². The van der Waals surface area contributed by atoms with Gasteiger partial charge in [0.2, 0.25) is 0 Å². The van der Waals surface area contributed by atoms with Gasteiger partial charge in [-0.3, -0.25) is 0 Å². The SMILES string of the molecule is C=CC(CC)CC(C)(CCCCC)C(C)CC(CCC)C1(C)CC1C. The molecule has 0 radical (unpaired) electrons. The number of unbranched alkanes of at least 4 members (excludes halogenated alkanes) is 2. The molecule has 0 aromatic heterocycles. The monoisotopic (exact) mass is 348 g/mol. The third-order valence-electron chi connectivity index (χ3n) is 8.05. The molecular formula is C25H48. The summed E-state index contributed by atoms with van der Waals surface area (Å²) in [4.78, 5) is 0. The van der Waals surface area contributed by atoms with Gasteiger partial charge in [-0.05, 0) is 66.6 Å². The molecule has 1 saturated carbocycles. The van der Waals surface area contributed by atoms with Crippen molar-refractivity contribution >= 4 is 0 Å². The van der Waals surface area contributed by atoms with E-state index in [-0.39, 0.29) is 0 Å². The summed E-state index contributed by atoms with van der Waals surface area (Å²) >= 11 is 0. The third kappa shape index (κ3) is 6.14. The first-order valence-electron chi connectivity index (χ1n) is 11.4. The molecule has 0 amide bonds. The Morgan fingerprint density at radius 2 is 1.84 bits per heavy atom. The summed E-state index contributed by atoms with van der Waals surface area (Å²) in [6.07, 6.45) is 16.0. The summed E-state index contributed by atoms with van der Waals surface area (Å²) in [5.74, 6) is 3.38. The van der Waals surface area contributed by atoms with Gasteiger partial charge >= 0.3 is 0 Å². The molecule has 0 aromatic carbocycles. The zero-order valence-corrected chi connectivity index (χ0v) is 18.7. The van der Waals surface area contributed by atoms with Crippen molar-refractivity contribution in [1.29, 1.82) is 0 Å². The van der Waals surface area contributed by atoms with Crippen molar-refractivity contribution in [2.45, 2.75) is 113 Å². The van der Waals surface area contributed by atoms with Gasteiger partial charge in [0.05, 0.1) is 0 Å². The van der Waals surface area contributed by atoms with Gasteiger partial charge in [0.15, 0.2) is 0 Å². The summed E-state index contributed by atoms with van der Waals surface area (Å²) in [5.41, 5.74) is 1.11. The quantitative estimate of drug-likeness (QED) is 0.217. The maximum Gasteiger partial charge on any atom is -0.0234 e. The highest BCUT2D eigenvalue weighted by Crippen LogP contribution is 2.61. The normalized spacial score (nSPS) is 28.8. The largest absolute Gasteiger partial charge is 0.103 e. The summed E-state index contributed by atoms with van der Waals surface area (Å²) in [7, 11) is 0. The molecule has 0 heterocycles. The van der Waals surface area contributed by atoms with E-state index >= 15 is 0 Å². The second kappa shape index (κ2) is 10.2. The minimum atomic E-state index is 0.477. The highest BCUT2D eigenvalue weighted by molar-refractivity contribution is 5.02. The van der Waals surface area contributed by atoms with E-state index in [1.165, 1.54) is 64.2 Å². The van der Waals surface area contributed by atoms with E-state index in [0.717, 1.165) is 17.8 Å². The van der Waals surface area contributed by atoms with Crippen LogP contribution in [0.3, 0.4) is 0 Å². The molecule has 0 N–H and O–H groups in total. The molecule has 25 heavy (non-hydrogen) atoms. The Morgan fingerprint density at radius 1 is 1.20 bits per heavy atom. The van der Waals surface area contributed by atoms with Crippen LogP contribution in [0.4, 0.5) is 0 Å². The predicted molar refractivity (Wildman–Crippen MR) is 115 cm³/mol. The fraction of sp³-hybridized carbons (Fsp3) is 0.920. The van der Waals surface area contributed by atoms with Crippen LogP contribution < -0.4 is 0 Å². The summed E-state index contributed by atoms with van der Waals surface area (Å²) in [5, 5.41) is 0. The lowest BCUT2D eigenvalue weighted by atomic mass is 9.64. The van der Waals surface area contributed by atoms with Crippen molar-refractivity contribution in [3.8, 4) is 0 Å². The first kappa shape index (κ1) is 22.8. The predicted octanol–water partition coefficient (Wildman–Crippen LogP) is 8.66. The highest BCUT2D eigenvalue weighted by Gasteiger charge is 2.52. The number of hydrogen-bond donors (Lipinski definition) is 0. The molecule has 0 aromatic rings. The van der Waals surface area contributed by atoms with Crippen molar-refractivity contribution in [3.05, 3.63) is 12.7 Å².